The Bertz CT molecular complexity index is 309. The zero-order chi connectivity index (χ0) is 10.7. The van der Waals surface area contributed by atoms with Gasteiger partial charge in [-0.2, -0.15) is 0 Å². The lowest BCUT2D eigenvalue weighted by atomic mass is 9.97. The average molecular weight is 259 g/mol. The van der Waals surface area contributed by atoms with Crippen molar-refractivity contribution in [2.45, 2.75) is 32.0 Å². The first-order valence-electron chi connectivity index (χ1n) is 4.96. The zero-order valence-electron chi connectivity index (χ0n) is 8.85. The molecule has 1 aromatic carbocycles. The van der Waals surface area contributed by atoms with Gasteiger partial charge in [-0.25, -0.2) is 4.39 Å². The first kappa shape index (κ1) is 11.7. The van der Waals surface area contributed by atoms with E-state index in [0.717, 1.165) is 12.0 Å². The molecule has 0 saturated heterocycles. The van der Waals surface area contributed by atoms with Crippen LogP contribution in [0.3, 0.4) is 0 Å². The molecule has 0 N–H and O–H groups in total. The van der Waals surface area contributed by atoms with E-state index in [4.69, 9.17) is 0 Å². The highest BCUT2D eigenvalue weighted by molar-refractivity contribution is 9.09. The summed E-state index contributed by atoms with van der Waals surface area (Å²) in [6.07, 6.45) is 1.12. The van der Waals surface area contributed by atoms with Crippen LogP contribution in [0.5, 0.6) is 0 Å². The minimum atomic E-state index is -0.127. The van der Waals surface area contributed by atoms with Gasteiger partial charge >= 0.3 is 0 Å². The number of aryl methyl sites for hydroxylation is 1. The Morgan fingerprint density at radius 1 is 1.43 bits per heavy atom. The van der Waals surface area contributed by atoms with Crippen molar-refractivity contribution in [3.05, 3.63) is 35.1 Å². The number of alkyl halides is 1. The van der Waals surface area contributed by atoms with Crippen LogP contribution in [0.2, 0.25) is 0 Å². The monoisotopic (exact) mass is 258 g/mol. The lowest BCUT2D eigenvalue weighted by Crippen LogP contribution is -2.02. The molecule has 0 fully saturated rings. The van der Waals surface area contributed by atoms with Crippen LogP contribution in [0.25, 0.3) is 0 Å². The molecule has 0 radical (unpaired) electrons. The van der Waals surface area contributed by atoms with Crippen molar-refractivity contribution in [1.29, 1.82) is 0 Å². The predicted molar refractivity (Wildman–Crippen MR) is 62.3 cm³/mol. The molecule has 14 heavy (non-hydrogen) atoms. The second-order valence-corrected chi connectivity index (χ2v) is 4.78. The Labute approximate surface area is 93.7 Å². The Balaban J connectivity index is 2.91. The Kier molecular flexibility index (Phi) is 4.11. The largest absolute Gasteiger partial charge is 0.207 e. The van der Waals surface area contributed by atoms with Gasteiger partial charge in [-0.15, -0.1) is 0 Å². The van der Waals surface area contributed by atoms with Crippen LogP contribution >= 0.6 is 15.9 Å². The van der Waals surface area contributed by atoms with E-state index in [-0.39, 0.29) is 5.82 Å². The summed E-state index contributed by atoms with van der Waals surface area (Å²) in [7, 11) is 0. The first-order chi connectivity index (χ1) is 6.56. The summed E-state index contributed by atoms with van der Waals surface area (Å²) in [5.41, 5.74) is 1.88. The minimum absolute atomic E-state index is 0.127. The molecule has 0 nitrogen and oxygen atoms in total. The standard InChI is InChI=1S/C12H16BrF/c1-4-8(2)12(13)10-5-6-11(14)9(3)7-10/h5-8,12H,4H2,1-3H3. The summed E-state index contributed by atoms with van der Waals surface area (Å²) in [5, 5.41) is 0. The molecule has 2 heteroatoms. The van der Waals surface area contributed by atoms with Crippen LogP contribution in [0.15, 0.2) is 18.2 Å². The molecule has 0 bridgehead atoms. The number of hydrogen-bond acceptors (Lipinski definition) is 0. The van der Waals surface area contributed by atoms with Gasteiger partial charge in [-0.05, 0) is 30.0 Å². The number of benzene rings is 1. The topological polar surface area (TPSA) is 0 Å². The fourth-order valence-electron chi connectivity index (χ4n) is 1.37. The molecular formula is C12H16BrF. The van der Waals surface area contributed by atoms with E-state index in [1.807, 2.05) is 12.1 Å². The van der Waals surface area contributed by atoms with Gasteiger partial charge in [0.25, 0.3) is 0 Å². The van der Waals surface area contributed by atoms with E-state index >= 15 is 0 Å². The molecule has 0 aliphatic carbocycles. The van der Waals surface area contributed by atoms with Gasteiger partial charge in [-0.1, -0.05) is 48.3 Å². The lowest BCUT2D eigenvalue weighted by molar-refractivity contribution is 0.553. The van der Waals surface area contributed by atoms with Crippen LogP contribution in [0, 0.1) is 18.7 Å². The maximum Gasteiger partial charge on any atom is 0.126 e. The van der Waals surface area contributed by atoms with Gasteiger partial charge < -0.3 is 0 Å². The van der Waals surface area contributed by atoms with Crippen LogP contribution in [-0.2, 0) is 0 Å². The Morgan fingerprint density at radius 3 is 2.57 bits per heavy atom. The van der Waals surface area contributed by atoms with Gasteiger partial charge in [0.2, 0.25) is 0 Å². The molecule has 0 saturated carbocycles. The van der Waals surface area contributed by atoms with Gasteiger partial charge in [0, 0.05) is 4.83 Å². The summed E-state index contributed by atoms with van der Waals surface area (Å²) in [6, 6.07) is 5.32. The highest BCUT2D eigenvalue weighted by atomic mass is 79.9. The molecule has 0 aliphatic rings. The molecule has 78 valence electrons. The quantitative estimate of drug-likeness (QED) is 0.695. The molecule has 1 rings (SSSR count). The SMILES string of the molecule is CCC(C)C(Br)c1ccc(F)c(C)c1. The third-order valence-corrected chi connectivity index (χ3v) is 4.08. The van der Waals surface area contributed by atoms with Gasteiger partial charge in [0.1, 0.15) is 5.82 Å². The fourth-order valence-corrected chi connectivity index (χ4v) is 2.03. The molecule has 1 aromatic rings. The molecular weight excluding hydrogens is 243 g/mol. The summed E-state index contributed by atoms with van der Waals surface area (Å²) in [4.78, 5) is 0.326. The van der Waals surface area contributed by atoms with E-state index in [1.54, 1.807) is 13.0 Å². The van der Waals surface area contributed by atoms with Crippen LogP contribution in [0.1, 0.15) is 36.2 Å². The van der Waals surface area contributed by atoms with Crippen molar-refractivity contribution in [3.8, 4) is 0 Å². The molecule has 0 aliphatic heterocycles. The maximum atomic E-state index is 13.0. The zero-order valence-corrected chi connectivity index (χ0v) is 10.4. The van der Waals surface area contributed by atoms with E-state index in [0.29, 0.717) is 10.7 Å². The first-order valence-corrected chi connectivity index (χ1v) is 5.88. The third-order valence-electron chi connectivity index (χ3n) is 2.64. The number of hydrogen-bond donors (Lipinski definition) is 0. The second-order valence-electron chi connectivity index (χ2n) is 3.80. The summed E-state index contributed by atoms with van der Waals surface area (Å²) in [6.45, 7) is 6.16. The van der Waals surface area contributed by atoms with Gasteiger partial charge in [0.15, 0.2) is 0 Å². The molecule has 0 heterocycles. The van der Waals surface area contributed by atoms with E-state index in [1.165, 1.54) is 5.56 Å². The van der Waals surface area contributed by atoms with Crippen molar-refractivity contribution in [2.75, 3.05) is 0 Å². The molecule has 2 atom stereocenters. The lowest BCUT2D eigenvalue weighted by Gasteiger charge is -2.17. The van der Waals surface area contributed by atoms with E-state index < -0.39 is 0 Å². The maximum absolute atomic E-state index is 13.0. The molecule has 0 amide bonds. The third kappa shape index (κ3) is 2.57. The summed E-state index contributed by atoms with van der Waals surface area (Å²) >= 11 is 3.65. The normalized spacial score (nSPS) is 15.2. The predicted octanol–water partition coefficient (Wildman–Crippen LogP) is 4.62. The molecule has 0 spiro atoms. The summed E-state index contributed by atoms with van der Waals surface area (Å²) in [5.74, 6) is 0.442. The number of rotatable bonds is 3. The van der Waals surface area contributed by atoms with Gasteiger partial charge in [-0.3, -0.25) is 0 Å². The van der Waals surface area contributed by atoms with Crippen molar-refractivity contribution < 1.29 is 4.39 Å². The average Bonchev–Trinajstić information content (AvgIpc) is 2.20. The molecule has 2 unspecified atom stereocenters. The smallest absolute Gasteiger partial charge is 0.126 e. The van der Waals surface area contributed by atoms with Gasteiger partial charge in [0.05, 0.1) is 0 Å². The summed E-state index contributed by atoms with van der Waals surface area (Å²) < 4.78 is 13.0. The second kappa shape index (κ2) is 4.92. The van der Waals surface area contributed by atoms with Crippen molar-refractivity contribution >= 4 is 15.9 Å². The van der Waals surface area contributed by atoms with Crippen LogP contribution < -0.4 is 0 Å². The minimum Gasteiger partial charge on any atom is -0.207 e. The van der Waals surface area contributed by atoms with Crippen molar-refractivity contribution in [1.82, 2.24) is 0 Å². The highest BCUT2D eigenvalue weighted by Crippen LogP contribution is 2.33. The van der Waals surface area contributed by atoms with E-state index in [9.17, 15) is 4.39 Å². The molecule has 0 aromatic heterocycles. The van der Waals surface area contributed by atoms with E-state index in [2.05, 4.69) is 29.8 Å². The fraction of sp³-hybridized carbons (Fsp3) is 0.500. The van der Waals surface area contributed by atoms with Crippen molar-refractivity contribution in [2.24, 2.45) is 5.92 Å². The van der Waals surface area contributed by atoms with Crippen LogP contribution in [-0.4, -0.2) is 0 Å². The van der Waals surface area contributed by atoms with Crippen molar-refractivity contribution in [3.63, 3.8) is 0 Å². The Morgan fingerprint density at radius 2 is 2.07 bits per heavy atom. The highest BCUT2D eigenvalue weighted by Gasteiger charge is 2.14. The Hall–Kier alpha value is -0.370. The number of halogens is 2. The van der Waals surface area contributed by atoms with Crippen LogP contribution in [0.4, 0.5) is 4.39 Å².